The van der Waals surface area contributed by atoms with Crippen molar-refractivity contribution in [1.29, 1.82) is 0 Å². The Morgan fingerprint density at radius 2 is 2.08 bits per heavy atom. The number of anilines is 1. The minimum Gasteiger partial charge on any atom is -0.391 e. The molecule has 1 saturated heterocycles. The van der Waals surface area contributed by atoms with Crippen LogP contribution < -0.4 is 4.90 Å². The van der Waals surface area contributed by atoms with Crippen molar-refractivity contribution in [3.05, 3.63) is 23.5 Å². The molecule has 3 aromatic heterocycles. The summed E-state index contributed by atoms with van der Waals surface area (Å²) in [6, 6.07) is 0. The number of aliphatic hydroxyl groups is 1. The molecular formula is C17H23N7O2. The molecule has 0 saturated carbocycles. The van der Waals surface area contributed by atoms with Gasteiger partial charge in [-0.1, -0.05) is 31.1 Å². The Morgan fingerprint density at radius 1 is 1.27 bits per heavy atom. The van der Waals surface area contributed by atoms with Gasteiger partial charge in [0, 0.05) is 18.5 Å². The number of aliphatic hydroxyl groups excluding tert-OH is 1. The summed E-state index contributed by atoms with van der Waals surface area (Å²) in [4.78, 5) is 15.9. The minimum absolute atomic E-state index is 0.187. The smallest absolute Gasteiger partial charge is 0.166 e. The van der Waals surface area contributed by atoms with Gasteiger partial charge >= 0.3 is 0 Å². The molecule has 1 fully saturated rings. The summed E-state index contributed by atoms with van der Waals surface area (Å²) >= 11 is 0. The molecular weight excluding hydrogens is 334 g/mol. The molecule has 4 rings (SSSR count). The van der Waals surface area contributed by atoms with Gasteiger partial charge < -0.3 is 14.6 Å². The molecule has 9 nitrogen and oxygen atoms in total. The van der Waals surface area contributed by atoms with Crippen LogP contribution in [0.5, 0.6) is 0 Å². The topological polar surface area (TPSA) is 106 Å². The molecule has 26 heavy (non-hydrogen) atoms. The summed E-state index contributed by atoms with van der Waals surface area (Å²) in [5, 5.41) is 17.8. The van der Waals surface area contributed by atoms with Crippen molar-refractivity contribution >= 4 is 17.0 Å². The summed E-state index contributed by atoms with van der Waals surface area (Å²) in [7, 11) is 0. The van der Waals surface area contributed by atoms with Crippen LogP contribution in [-0.2, 0) is 12.0 Å². The van der Waals surface area contributed by atoms with Gasteiger partial charge in [0.15, 0.2) is 17.0 Å². The third-order valence-electron chi connectivity index (χ3n) is 4.70. The fourth-order valence-corrected chi connectivity index (χ4v) is 3.36. The number of β-amino-alcohol motifs (C(OH)–C–C–N with tert-alkyl or cyclic N) is 1. The Kier molecular flexibility index (Phi) is 3.91. The number of nitrogens with zero attached hydrogens (tertiary/aromatic N) is 7. The van der Waals surface area contributed by atoms with Crippen molar-refractivity contribution < 1.29 is 9.74 Å². The normalized spacial score (nSPS) is 18.2. The standard InChI is InChI=1S/C17H23N7O2/c1-10-12(22-26-21-10)8-24-15-13(20-16(24)17(2,3)4)14(18-9-19-15)23-6-5-11(25)7-23/h9,11,25H,5-8H2,1-4H3. The van der Waals surface area contributed by atoms with E-state index in [4.69, 9.17) is 9.61 Å². The van der Waals surface area contributed by atoms with Crippen LogP contribution in [-0.4, -0.2) is 54.1 Å². The molecule has 138 valence electrons. The van der Waals surface area contributed by atoms with E-state index in [0.717, 1.165) is 47.2 Å². The average molecular weight is 357 g/mol. The van der Waals surface area contributed by atoms with Crippen LogP contribution in [0.3, 0.4) is 0 Å². The molecule has 0 aliphatic carbocycles. The number of imidazole rings is 1. The van der Waals surface area contributed by atoms with Crippen LogP contribution in [0.1, 0.15) is 44.4 Å². The maximum Gasteiger partial charge on any atom is 0.166 e. The number of aromatic nitrogens is 6. The molecule has 0 radical (unpaired) electrons. The van der Waals surface area contributed by atoms with E-state index in [0.29, 0.717) is 13.1 Å². The summed E-state index contributed by atoms with van der Waals surface area (Å²) in [5.74, 6) is 1.67. The Bertz CT molecular complexity index is 940. The number of hydrogen-bond acceptors (Lipinski definition) is 8. The summed E-state index contributed by atoms with van der Waals surface area (Å²) in [6.45, 7) is 10.0. The largest absolute Gasteiger partial charge is 0.391 e. The van der Waals surface area contributed by atoms with Gasteiger partial charge in [-0.2, -0.15) is 0 Å². The van der Waals surface area contributed by atoms with Gasteiger partial charge in [0.1, 0.15) is 23.5 Å². The summed E-state index contributed by atoms with van der Waals surface area (Å²) < 4.78 is 6.90. The molecule has 9 heteroatoms. The summed E-state index contributed by atoms with van der Waals surface area (Å²) in [5.41, 5.74) is 2.83. The van der Waals surface area contributed by atoms with E-state index >= 15 is 0 Å². The lowest BCUT2D eigenvalue weighted by Gasteiger charge is -2.19. The molecule has 0 amide bonds. The third kappa shape index (κ3) is 2.82. The number of fused-ring (bicyclic) bond motifs is 1. The van der Waals surface area contributed by atoms with Crippen LogP contribution in [0.25, 0.3) is 11.2 Å². The Morgan fingerprint density at radius 3 is 2.69 bits per heavy atom. The molecule has 4 heterocycles. The van der Waals surface area contributed by atoms with Crippen molar-refractivity contribution in [2.24, 2.45) is 0 Å². The lowest BCUT2D eigenvalue weighted by Crippen LogP contribution is -2.22. The molecule has 3 aromatic rings. The van der Waals surface area contributed by atoms with Gasteiger partial charge in [0.2, 0.25) is 0 Å². The molecule has 1 aliphatic heterocycles. The van der Waals surface area contributed by atoms with Gasteiger partial charge in [-0.25, -0.2) is 19.6 Å². The SMILES string of the molecule is Cc1nonc1Cn1c(C(C)(C)C)nc2c(N3CCC(O)C3)ncnc21. The van der Waals surface area contributed by atoms with Gasteiger partial charge in [0.05, 0.1) is 12.6 Å². The summed E-state index contributed by atoms with van der Waals surface area (Å²) in [6.07, 6.45) is 1.97. The van der Waals surface area contributed by atoms with Crippen molar-refractivity contribution in [1.82, 2.24) is 29.8 Å². The maximum atomic E-state index is 9.89. The zero-order chi connectivity index (χ0) is 18.5. The van der Waals surface area contributed by atoms with Crippen molar-refractivity contribution in [3.63, 3.8) is 0 Å². The first-order valence-electron chi connectivity index (χ1n) is 8.77. The minimum atomic E-state index is -0.326. The molecule has 1 N–H and O–H groups in total. The molecule has 1 unspecified atom stereocenters. The Hall–Kier alpha value is -2.55. The van der Waals surface area contributed by atoms with Crippen LogP contribution >= 0.6 is 0 Å². The molecule has 0 bridgehead atoms. The lowest BCUT2D eigenvalue weighted by molar-refractivity contribution is 0.198. The quantitative estimate of drug-likeness (QED) is 0.750. The lowest BCUT2D eigenvalue weighted by atomic mass is 9.95. The fraction of sp³-hybridized carbons (Fsp3) is 0.588. The molecule has 1 aliphatic rings. The maximum absolute atomic E-state index is 9.89. The molecule has 0 spiro atoms. The molecule has 1 atom stereocenters. The van der Waals surface area contributed by atoms with E-state index in [1.54, 1.807) is 6.33 Å². The van der Waals surface area contributed by atoms with E-state index in [2.05, 4.69) is 50.5 Å². The molecule has 0 aromatic carbocycles. The highest BCUT2D eigenvalue weighted by Crippen LogP contribution is 2.31. The van der Waals surface area contributed by atoms with Crippen LogP contribution in [0.4, 0.5) is 5.82 Å². The predicted octanol–water partition coefficient (Wildman–Crippen LogP) is 1.43. The fourth-order valence-electron chi connectivity index (χ4n) is 3.36. The van der Waals surface area contributed by atoms with Crippen LogP contribution in [0.15, 0.2) is 11.0 Å². The van der Waals surface area contributed by atoms with E-state index in [1.807, 2.05) is 6.92 Å². The number of rotatable bonds is 3. The number of aryl methyl sites for hydroxylation is 1. The first kappa shape index (κ1) is 16.9. The van der Waals surface area contributed by atoms with E-state index in [1.165, 1.54) is 0 Å². The Balaban J connectivity index is 1.87. The van der Waals surface area contributed by atoms with Crippen LogP contribution in [0.2, 0.25) is 0 Å². The first-order chi connectivity index (χ1) is 12.3. The second-order valence-electron chi connectivity index (χ2n) is 7.83. The van der Waals surface area contributed by atoms with Crippen molar-refractivity contribution in [3.8, 4) is 0 Å². The second-order valence-corrected chi connectivity index (χ2v) is 7.83. The highest BCUT2D eigenvalue weighted by atomic mass is 16.6. The monoisotopic (exact) mass is 357 g/mol. The van der Waals surface area contributed by atoms with Crippen molar-refractivity contribution in [2.45, 2.75) is 52.2 Å². The highest BCUT2D eigenvalue weighted by molar-refractivity contribution is 5.84. The van der Waals surface area contributed by atoms with Gasteiger partial charge in [0.25, 0.3) is 0 Å². The van der Waals surface area contributed by atoms with E-state index < -0.39 is 0 Å². The van der Waals surface area contributed by atoms with Crippen LogP contribution in [0, 0.1) is 6.92 Å². The first-order valence-corrected chi connectivity index (χ1v) is 8.77. The van der Waals surface area contributed by atoms with Gasteiger partial charge in [-0.3, -0.25) is 0 Å². The zero-order valence-corrected chi connectivity index (χ0v) is 15.5. The van der Waals surface area contributed by atoms with Crippen molar-refractivity contribution in [2.75, 3.05) is 18.0 Å². The number of hydrogen-bond donors (Lipinski definition) is 1. The zero-order valence-electron chi connectivity index (χ0n) is 15.5. The Labute approximate surface area is 151 Å². The van der Waals surface area contributed by atoms with E-state index in [-0.39, 0.29) is 11.5 Å². The van der Waals surface area contributed by atoms with Gasteiger partial charge in [-0.15, -0.1) is 0 Å². The third-order valence-corrected chi connectivity index (χ3v) is 4.70. The van der Waals surface area contributed by atoms with Gasteiger partial charge in [-0.05, 0) is 13.3 Å². The average Bonchev–Trinajstić information content (AvgIpc) is 3.27. The predicted molar refractivity (Wildman–Crippen MR) is 95.0 cm³/mol. The second kappa shape index (κ2) is 6.01. The van der Waals surface area contributed by atoms with E-state index in [9.17, 15) is 5.11 Å². The highest BCUT2D eigenvalue weighted by Gasteiger charge is 2.29.